The molecule has 74 heavy (non-hydrogen) atoms. The minimum Gasteiger partial charge on any atom is -0.309 e. The number of hydrogen-bond acceptors (Lipinski definition) is 0. The fourth-order valence-electron chi connectivity index (χ4n) is 11.4. The van der Waals surface area contributed by atoms with E-state index >= 15 is 0 Å². The Morgan fingerprint density at radius 1 is 0.176 bits per heavy atom. The van der Waals surface area contributed by atoms with E-state index in [1.807, 2.05) is 0 Å². The Bertz CT molecular complexity index is 4370. The lowest BCUT2D eigenvalue weighted by Crippen LogP contribution is -1.94. The number of hydrogen-bond donors (Lipinski definition) is 0. The fourth-order valence-corrected chi connectivity index (χ4v) is 11.4. The van der Waals surface area contributed by atoms with Crippen molar-refractivity contribution in [2.45, 2.75) is 0 Å². The first-order chi connectivity index (χ1) is 36.7. The monoisotopic (exact) mass is 940 g/mol. The fraction of sp³-hybridized carbons (Fsp3) is 0. The zero-order chi connectivity index (χ0) is 49.0. The molecule has 0 spiro atoms. The van der Waals surface area contributed by atoms with Gasteiger partial charge in [-0.1, -0.05) is 218 Å². The molecule has 0 unspecified atom stereocenters. The van der Waals surface area contributed by atoms with Crippen molar-refractivity contribution >= 4 is 43.6 Å². The molecular formula is C72H48N2. The van der Waals surface area contributed by atoms with E-state index in [1.165, 1.54) is 116 Å². The third-order valence-corrected chi connectivity index (χ3v) is 14.9. The number of nitrogens with zero attached hydrogens (tertiary/aromatic N) is 2. The average Bonchev–Trinajstić information content (AvgIpc) is 4.04. The van der Waals surface area contributed by atoms with Crippen LogP contribution in [0.25, 0.3) is 133 Å². The molecule has 2 aromatic heterocycles. The zero-order valence-corrected chi connectivity index (χ0v) is 40.6. The van der Waals surface area contributed by atoms with E-state index in [-0.39, 0.29) is 0 Å². The van der Waals surface area contributed by atoms with Crippen LogP contribution in [0.4, 0.5) is 0 Å². The second kappa shape index (κ2) is 18.1. The average molecular weight is 941 g/mol. The van der Waals surface area contributed by atoms with Crippen molar-refractivity contribution in [1.29, 1.82) is 0 Å². The van der Waals surface area contributed by atoms with Crippen molar-refractivity contribution in [3.8, 4) is 89.3 Å². The van der Waals surface area contributed by atoms with Gasteiger partial charge in [0.2, 0.25) is 0 Å². The molecule has 12 aromatic carbocycles. The van der Waals surface area contributed by atoms with Crippen molar-refractivity contribution in [3.63, 3.8) is 0 Å². The van der Waals surface area contributed by atoms with Crippen LogP contribution in [-0.2, 0) is 0 Å². The van der Waals surface area contributed by atoms with E-state index in [2.05, 4.69) is 300 Å². The summed E-state index contributed by atoms with van der Waals surface area (Å²) in [5.74, 6) is 0. The predicted octanol–water partition coefficient (Wildman–Crippen LogP) is 19.5. The largest absolute Gasteiger partial charge is 0.309 e. The van der Waals surface area contributed by atoms with Crippen LogP contribution in [-0.4, -0.2) is 9.13 Å². The van der Waals surface area contributed by atoms with Gasteiger partial charge in [0, 0.05) is 32.9 Å². The van der Waals surface area contributed by atoms with Crippen LogP contribution in [0.3, 0.4) is 0 Å². The number of fused-ring (bicyclic) bond motifs is 6. The highest BCUT2D eigenvalue weighted by Gasteiger charge is 2.21. The smallest absolute Gasteiger partial charge is 0.0547 e. The molecule has 0 amide bonds. The summed E-state index contributed by atoms with van der Waals surface area (Å²) in [7, 11) is 0. The van der Waals surface area contributed by atoms with Crippen molar-refractivity contribution in [1.82, 2.24) is 9.13 Å². The third kappa shape index (κ3) is 7.52. The summed E-state index contributed by atoms with van der Waals surface area (Å²) in [5.41, 5.74) is 23.7. The summed E-state index contributed by atoms with van der Waals surface area (Å²) >= 11 is 0. The summed E-state index contributed by atoms with van der Waals surface area (Å²) in [6.45, 7) is 0. The van der Waals surface area contributed by atoms with E-state index in [1.54, 1.807) is 0 Å². The van der Waals surface area contributed by atoms with Gasteiger partial charge in [-0.2, -0.15) is 0 Å². The Hall–Kier alpha value is -9.76. The molecular weight excluding hydrogens is 893 g/mol. The van der Waals surface area contributed by atoms with Crippen LogP contribution in [0, 0.1) is 0 Å². The van der Waals surface area contributed by atoms with Gasteiger partial charge in [-0.15, -0.1) is 0 Å². The van der Waals surface area contributed by atoms with Gasteiger partial charge >= 0.3 is 0 Å². The lowest BCUT2D eigenvalue weighted by molar-refractivity contribution is 1.18. The summed E-state index contributed by atoms with van der Waals surface area (Å²) in [4.78, 5) is 0. The molecule has 2 heterocycles. The molecule has 14 aromatic rings. The maximum Gasteiger partial charge on any atom is 0.0547 e. The van der Waals surface area contributed by atoms with Gasteiger partial charge in [0.1, 0.15) is 0 Å². The van der Waals surface area contributed by atoms with Crippen LogP contribution in [0.15, 0.2) is 291 Å². The Morgan fingerprint density at radius 3 is 0.959 bits per heavy atom. The second-order valence-corrected chi connectivity index (χ2v) is 19.3. The van der Waals surface area contributed by atoms with Crippen LogP contribution in [0.1, 0.15) is 0 Å². The van der Waals surface area contributed by atoms with E-state index in [4.69, 9.17) is 0 Å². The summed E-state index contributed by atoms with van der Waals surface area (Å²) < 4.78 is 4.91. The molecule has 14 rings (SSSR count). The first-order valence-corrected chi connectivity index (χ1v) is 25.5. The van der Waals surface area contributed by atoms with Crippen molar-refractivity contribution in [2.75, 3.05) is 0 Å². The Balaban J connectivity index is 0.987. The third-order valence-electron chi connectivity index (χ3n) is 14.9. The molecule has 0 radical (unpaired) electrons. The first kappa shape index (κ1) is 43.1. The highest BCUT2D eigenvalue weighted by atomic mass is 15.0. The highest BCUT2D eigenvalue weighted by molar-refractivity contribution is 6.19. The topological polar surface area (TPSA) is 9.86 Å². The van der Waals surface area contributed by atoms with Gasteiger partial charge in [-0.25, -0.2) is 0 Å². The molecule has 0 atom stereocenters. The molecule has 2 heteroatoms. The van der Waals surface area contributed by atoms with Crippen LogP contribution in [0.2, 0.25) is 0 Å². The number of aromatic nitrogens is 2. The standard InChI is InChI=1S/C72H48N2/c1-5-18-49(19-6-1)53-36-40-61(41-37-53)73-67-42-38-57(47-65(67)71-63(32-16-34-69(71)73)59-29-13-26-54(44-59)50-20-7-2-8-21-50)58-39-43-68-66(48-58)72-64(60-30-14-27-55(45-60)51-22-9-3-10-23-51)33-17-35-70(72)74(68)62-31-15-28-56(46-62)52-24-11-4-12-25-52/h1-48H. The number of rotatable bonds is 9. The Kier molecular flexibility index (Phi) is 10.6. The van der Waals surface area contributed by atoms with Crippen LogP contribution in [0.5, 0.6) is 0 Å². The molecule has 0 aliphatic carbocycles. The van der Waals surface area contributed by atoms with E-state index in [0.29, 0.717) is 0 Å². The van der Waals surface area contributed by atoms with Gasteiger partial charge in [0.25, 0.3) is 0 Å². The highest BCUT2D eigenvalue weighted by Crippen LogP contribution is 2.44. The molecule has 0 aliphatic rings. The van der Waals surface area contributed by atoms with Crippen LogP contribution >= 0.6 is 0 Å². The van der Waals surface area contributed by atoms with Gasteiger partial charge < -0.3 is 9.13 Å². The zero-order valence-electron chi connectivity index (χ0n) is 40.6. The van der Waals surface area contributed by atoms with Gasteiger partial charge in [0.05, 0.1) is 22.1 Å². The normalized spacial score (nSPS) is 11.5. The Labute approximate surface area is 431 Å². The van der Waals surface area contributed by atoms with Gasteiger partial charge in [-0.3, -0.25) is 0 Å². The molecule has 346 valence electrons. The van der Waals surface area contributed by atoms with Crippen molar-refractivity contribution < 1.29 is 0 Å². The van der Waals surface area contributed by atoms with Gasteiger partial charge in [0.15, 0.2) is 0 Å². The molecule has 0 N–H and O–H groups in total. The summed E-state index contributed by atoms with van der Waals surface area (Å²) in [5, 5.41) is 4.89. The lowest BCUT2D eigenvalue weighted by atomic mass is 9.94. The Morgan fingerprint density at radius 2 is 0.500 bits per heavy atom. The molecule has 0 saturated heterocycles. The minimum absolute atomic E-state index is 1.13. The number of benzene rings is 12. The SMILES string of the molecule is c1ccc(-c2ccc(-n3c4ccc(-c5ccc6c(c5)c5c(-c7cccc(-c8ccccc8)c7)cccc5n6-c5cccc(-c6ccccc6)c5)cc4c4c(-c5cccc(-c6ccccc6)c5)cccc43)cc2)cc1. The molecule has 0 aliphatic heterocycles. The first-order valence-electron chi connectivity index (χ1n) is 25.5. The second-order valence-electron chi connectivity index (χ2n) is 19.3. The summed E-state index contributed by atoms with van der Waals surface area (Å²) in [6, 6.07) is 107. The molecule has 0 bridgehead atoms. The lowest BCUT2D eigenvalue weighted by Gasteiger charge is -2.11. The van der Waals surface area contributed by atoms with E-state index < -0.39 is 0 Å². The van der Waals surface area contributed by atoms with E-state index in [9.17, 15) is 0 Å². The predicted molar refractivity (Wildman–Crippen MR) is 313 cm³/mol. The summed E-state index contributed by atoms with van der Waals surface area (Å²) in [6.07, 6.45) is 0. The van der Waals surface area contributed by atoms with Gasteiger partial charge in [-0.05, 0) is 151 Å². The molecule has 2 nitrogen and oxygen atoms in total. The minimum atomic E-state index is 1.13. The van der Waals surface area contributed by atoms with E-state index in [0.717, 1.165) is 16.9 Å². The van der Waals surface area contributed by atoms with Crippen LogP contribution < -0.4 is 0 Å². The van der Waals surface area contributed by atoms with Crippen molar-refractivity contribution in [2.24, 2.45) is 0 Å². The molecule has 0 saturated carbocycles. The van der Waals surface area contributed by atoms with Crippen molar-refractivity contribution in [3.05, 3.63) is 291 Å². The quantitative estimate of drug-likeness (QED) is 0.136. The molecule has 0 fully saturated rings. The maximum atomic E-state index is 2.46. The maximum absolute atomic E-state index is 2.46.